The van der Waals surface area contributed by atoms with E-state index in [0.717, 1.165) is 6.42 Å². The van der Waals surface area contributed by atoms with E-state index in [1.54, 1.807) is 13.8 Å². The molecule has 1 amide bonds. The normalized spacial score (nSPS) is 15.9. The summed E-state index contributed by atoms with van der Waals surface area (Å²) in [5.41, 5.74) is -2.32. The minimum absolute atomic E-state index is 0.0225. The third kappa shape index (κ3) is 8.67. The quantitative estimate of drug-likeness (QED) is 0.495. The molecule has 7 nitrogen and oxygen atoms in total. The van der Waals surface area contributed by atoms with E-state index >= 15 is 0 Å². The van der Waals surface area contributed by atoms with Crippen LogP contribution in [0, 0.1) is 17.9 Å². The van der Waals surface area contributed by atoms with Crippen LogP contribution in [0.15, 0.2) is 10.2 Å². The third-order valence-electron chi connectivity index (χ3n) is 3.33. The molecule has 0 aliphatic heterocycles. The predicted molar refractivity (Wildman–Crippen MR) is 86.3 cm³/mol. The fourth-order valence-electron chi connectivity index (χ4n) is 1.60. The topological polar surface area (TPSA) is 99.0 Å². The molecule has 2 unspecified atom stereocenters. The Morgan fingerprint density at radius 1 is 1.26 bits per heavy atom. The van der Waals surface area contributed by atoms with Gasteiger partial charge in [-0.3, -0.25) is 9.64 Å². The summed E-state index contributed by atoms with van der Waals surface area (Å²) >= 11 is 0. The summed E-state index contributed by atoms with van der Waals surface area (Å²) in [4.78, 5) is 26.1. The molecule has 0 aromatic heterocycles. The Balaban J connectivity index is 4.81. The van der Waals surface area contributed by atoms with Crippen LogP contribution in [-0.2, 0) is 9.59 Å². The number of rotatable bonds is 10. The molecule has 0 spiro atoms. The molecule has 0 heterocycles. The van der Waals surface area contributed by atoms with Crippen molar-refractivity contribution in [2.75, 3.05) is 6.54 Å². The summed E-state index contributed by atoms with van der Waals surface area (Å²) < 4.78 is 0. The minimum Gasteiger partial charge on any atom is -0.356 e. The molecule has 0 aromatic rings. The Bertz CT molecular complexity index is 532. The molecule has 0 saturated carbocycles. The first kappa shape index (κ1) is 20.7. The highest BCUT2D eigenvalue weighted by molar-refractivity contribution is 5.76. The highest BCUT2D eigenvalue weighted by Gasteiger charge is 2.33. The van der Waals surface area contributed by atoms with Gasteiger partial charge in [-0.15, -0.1) is 5.11 Å². The molecule has 7 heteroatoms. The number of nitrogens with one attached hydrogen (secondary N) is 1. The first-order valence-corrected chi connectivity index (χ1v) is 7.70. The fraction of sp³-hybridized carbons (Fsp3) is 0.750. The van der Waals surface area contributed by atoms with Gasteiger partial charge in [0.2, 0.25) is 5.91 Å². The van der Waals surface area contributed by atoms with Crippen molar-refractivity contribution in [3.05, 3.63) is 11.4 Å². The van der Waals surface area contributed by atoms with Crippen LogP contribution in [0.2, 0.25) is 0 Å². The molecule has 126 valence electrons. The molecule has 0 saturated heterocycles. The lowest BCUT2D eigenvalue weighted by Crippen LogP contribution is -2.28. The van der Waals surface area contributed by atoms with Crippen molar-refractivity contribution in [1.29, 1.82) is 5.26 Å². The van der Waals surface area contributed by atoms with Crippen LogP contribution in [0.1, 0.15) is 59.8 Å². The van der Waals surface area contributed by atoms with E-state index in [9.17, 15) is 14.9 Å². The van der Waals surface area contributed by atoms with E-state index in [-0.39, 0.29) is 37.4 Å². The van der Waals surface area contributed by atoms with E-state index in [2.05, 4.69) is 20.4 Å². The molecule has 1 N–H and O–H groups in total. The average molecular weight is 319 g/mol. The van der Waals surface area contributed by atoms with E-state index in [1.807, 2.05) is 13.0 Å². The molecule has 0 aliphatic carbocycles. The van der Waals surface area contributed by atoms with Gasteiger partial charge in [-0.05, 0) is 26.7 Å². The Kier molecular flexibility index (Phi) is 8.72. The van der Waals surface area contributed by atoms with Crippen LogP contribution in [0.3, 0.4) is 0 Å². The SMILES string of the molecule is [C-]#[N+]C(C)(CCC(C)=O)N=NC(C)(C#N)CCC(=O)NCCC. The van der Waals surface area contributed by atoms with Crippen LogP contribution in [0.25, 0.3) is 4.85 Å². The number of carbonyl (C=O) groups excluding carboxylic acids is 2. The van der Waals surface area contributed by atoms with Crippen LogP contribution < -0.4 is 5.32 Å². The lowest BCUT2D eigenvalue weighted by Gasteiger charge is -2.17. The first-order chi connectivity index (χ1) is 10.7. The lowest BCUT2D eigenvalue weighted by atomic mass is 9.98. The van der Waals surface area contributed by atoms with Crippen molar-refractivity contribution < 1.29 is 9.59 Å². The molecule has 0 bridgehead atoms. The second-order valence-corrected chi connectivity index (χ2v) is 5.97. The number of hydrogen-bond donors (Lipinski definition) is 1. The highest BCUT2D eigenvalue weighted by Crippen LogP contribution is 2.24. The summed E-state index contributed by atoms with van der Waals surface area (Å²) in [6.45, 7) is 14.4. The zero-order chi connectivity index (χ0) is 17.9. The Morgan fingerprint density at radius 3 is 2.39 bits per heavy atom. The zero-order valence-corrected chi connectivity index (χ0v) is 14.3. The Labute approximate surface area is 138 Å². The molecule has 0 fully saturated rings. The van der Waals surface area contributed by atoms with Gasteiger partial charge >= 0.3 is 5.66 Å². The van der Waals surface area contributed by atoms with E-state index in [1.165, 1.54) is 6.92 Å². The third-order valence-corrected chi connectivity index (χ3v) is 3.33. The van der Waals surface area contributed by atoms with Gasteiger partial charge in [0.1, 0.15) is 5.78 Å². The number of nitriles is 1. The molecular weight excluding hydrogens is 294 g/mol. The summed E-state index contributed by atoms with van der Waals surface area (Å²) in [6, 6.07) is 2.04. The van der Waals surface area contributed by atoms with Crippen molar-refractivity contribution in [3.63, 3.8) is 0 Å². The van der Waals surface area contributed by atoms with E-state index < -0.39 is 11.2 Å². The number of hydrogen-bond acceptors (Lipinski definition) is 5. The first-order valence-electron chi connectivity index (χ1n) is 7.70. The second kappa shape index (κ2) is 9.68. The van der Waals surface area contributed by atoms with Crippen LogP contribution in [0.4, 0.5) is 0 Å². The monoisotopic (exact) mass is 319 g/mol. The number of ketones is 1. The van der Waals surface area contributed by atoms with Gasteiger partial charge in [0, 0.05) is 26.3 Å². The van der Waals surface area contributed by atoms with Gasteiger partial charge in [-0.1, -0.05) is 6.92 Å². The van der Waals surface area contributed by atoms with Crippen molar-refractivity contribution in [3.8, 4) is 6.07 Å². The maximum Gasteiger partial charge on any atom is 0.338 e. The van der Waals surface area contributed by atoms with Gasteiger partial charge < -0.3 is 10.1 Å². The second-order valence-electron chi connectivity index (χ2n) is 5.97. The van der Waals surface area contributed by atoms with Gasteiger partial charge in [-0.2, -0.15) is 10.4 Å². The number of azo groups is 1. The average Bonchev–Trinajstić information content (AvgIpc) is 2.54. The van der Waals surface area contributed by atoms with Crippen molar-refractivity contribution in [2.45, 2.75) is 71.0 Å². The maximum absolute atomic E-state index is 11.6. The van der Waals surface area contributed by atoms with Crippen LogP contribution >= 0.6 is 0 Å². The molecular formula is C16H25N5O2. The van der Waals surface area contributed by atoms with Gasteiger partial charge in [-0.25, -0.2) is 6.57 Å². The van der Waals surface area contributed by atoms with Crippen LogP contribution in [0.5, 0.6) is 0 Å². The predicted octanol–water partition coefficient (Wildman–Crippen LogP) is 3.03. The summed E-state index contributed by atoms with van der Waals surface area (Å²) in [6.07, 6.45) is 1.74. The largest absolute Gasteiger partial charge is 0.356 e. The van der Waals surface area contributed by atoms with Crippen molar-refractivity contribution >= 4 is 11.7 Å². The van der Waals surface area contributed by atoms with Gasteiger partial charge in [0.25, 0.3) is 0 Å². The Morgan fingerprint density at radius 2 is 1.91 bits per heavy atom. The van der Waals surface area contributed by atoms with E-state index in [4.69, 9.17) is 6.57 Å². The van der Waals surface area contributed by atoms with Crippen LogP contribution in [-0.4, -0.2) is 29.4 Å². The molecule has 0 aromatic carbocycles. The fourth-order valence-corrected chi connectivity index (χ4v) is 1.60. The molecule has 2 atom stereocenters. The zero-order valence-electron chi connectivity index (χ0n) is 14.3. The number of Topliss-reactive ketones (excluding diaryl/α,β-unsaturated/α-hetero) is 1. The summed E-state index contributed by atoms with van der Waals surface area (Å²) in [5.74, 6) is -0.154. The standard InChI is InChI=1S/C16H25N5O2/c1-6-11-19-14(23)8-9-15(3,12-17)20-21-16(4,18-5)10-7-13(2)22/h6-11H2,1-4H3,(H,19,23). The summed E-state index contributed by atoms with van der Waals surface area (Å²) in [7, 11) is 0. The smallest absolute Gasteiger partial charge is 0.338 e. The summed E-state index contributed by atoms with van der Waals surface area (Å²) in [5, 5.41) is 20.0. The van der Waals surface area contributed by atoms with Crippen molar-refractivity contribution in [2.24, 2.45) is 10.2 Å². The number of amides is 1. The van der Waals surface area contributed by atoms with E-state index in [0.29, 0.717) is 6.54 Å². The van der Waals surface area contributed by atoms with Gasteiger partial charge in [0.15, 0.2) is 5.54 Å². The van der Waals surface area contributed by atoms with Gasteiger partial charge in [0.05, 0.1) is 12.5 Å². The van der Waals surface area contributed by atoms with Crippen molar-refractivity contribution in [1.82, 2.24) is 5.32 Å². The number of carbonyl (C=O) groups is 2. The molecule has 23 heavy (non-hydrogen) atoms. The molecule has 0 rings (SSSR count). The minimum atomic E-state index is -1.16. The lowest BCUT2D eigenvalue weighted by molar-refractivity contribution is -0.121. The highest BCUT2D eigenvalue weighted by atomic mass is 16.1. The Hall–Kier alpha value is -2.28. The molecule has 0 radical (unpaired) electrons. The number of nitrogens with zero attached hydrogens (tertiary/aromatic N) is 4. The molecule has 0 aliphatic rings. The maximum atomic E-state index is 11.6.